The Bertz CT molecular complexity index is 2470. The van der Waals surface area contributed by atoms with Crippen molar-refractivity contribution in [1.29, 1.82) is 0 Å². The smallest absolute Gasteiger partial charge is 0.243 e. The Hall–Kier alpha value is -6.93. The molecule has 74 heavy (non-hydrogen) atoms. The van der Waals surface area contributed by atoms with E-state index in [1.807, 2.05) is 138 Å². The van der Waals surface area contributed by atoms with Gasteiger partial charge in [-0.1, -0.05) is 177 Å². The first kappa shape index (κ1) is 58.0. The highest BCUT2D eigenvalue weighted by molar-refractivity contribution is 5.96. The summed E-state index contributed by atoms with van der Waals surface area (Å²) in [6, 6.07) is 34.3. The summed E-state index contributed by atoms with van der Waals surface area (Å²) in [7, 11) is 1.88. The summed E-state index contributed by atoms with van der Waals surface area (Å²) < 4.78 is 2.04. The van der Waals surface area contributed by atoms with Crippen LogP contribution in [-0.2, 0) is 53.8 Å². The van der Waals surface area contributed by atoms with Crippen molar-refractivity contribution in [3.63, 3.8) is 0 Å². The molecule has 0 aliphatic carbocycles. The largest absolute Gasteiger partial charge is 0.350 e. The Morgan fingerprint density at radius 3 is 1.50 bits per heavy atom. The molecule has 6 atom stereocenters. The lowest BCUT2D eigenvalue weighted by molar-refractivity contribution is -0.136. The number of imidazole rings is 1. The Balaban J connectivity index is 1.50. The third-order valence-corrected chi connectivity index (χ3v) is 13.7. The SMILES string of the molecule is CCC(=O)N[C@@H](CC(C)C)C(=O)N[C@@H](CC)C(=O)N[C@@H](Cc1cn(C(c2ccccc2)(c2ccccc2)c2ccccc2)cn1)C(=O)C[C@H](C(=O)N[C@@H](CC(C)C)C(=O)NCc1ccc(CNC)cc1)C(C)CC. The first-order valence-electron chi connectivity index (χ1n) is 26.5. The van der Waals surface area contributed by atoms with Crippen LogP contribution in [0.4, 0.5) is 0 Å². The molecule has 5 aromatic rings. The highest BCUT2D eigenvalue weighted by Crippen LogP contribution is 2.41. The fourth-order valence-electron chi connectivity index (χ4n) is 9.46. The van der Waals surface area contributed by atoms with Crippen LogP contribution in [0.1, 0.15) is 127 Å². The lowest BCUT2D eigenvalue weighted by atomic mass is 9.77. The number of carbonyl (C=O) groups is 6. The number of hydrogen-bond donors (Lipinski definition) is 6. The van der Waals surface area contributed by atoms with Crippen LogP contribution in [-0.4, -0.2) is 76.1 Å². The summed E-state index contributed by atoms with van der Waals surface area (Å²) >= 11 is 0. The fourth-order valence-corrected chi connectivity index (χ4v) is 9.46. The van der Waals surface area contributed by atoms with Crippen LogP contribution >= 0.6 is 0 Å². The number of rotatable bonds is 29. The molecule has 1 unspecified atom stereocenters. The van der Waals surface area contributed by atoms with Gasteiger partial charge in [0.2, 0.25) is 29.5 Å². The standard InChI is InChI=1S/C60H80N8O6/c1-10-42(8)49(56(71)67-52(32-40(4)5)57(72)62-37-44-30-28-43(29-31-44)36-61-9)35-54(69)51(66-58(73)50(11-2)65-59(74)53(33-41(6)7)64-55(70)12-3)34-48-38-68(39-63-48)60(45-22-16-13-17-23-45,46-24-18-14-19-25-46)47-26-20-15-21-27-47/h13-31,38-42,49-53,61H,10-12,32-37H2,1-9H3,(H,62,72)(H,64,70)(H,65,74)(H,66,73)(H,67,71)/t42?,49-,50-,51-,52-,53-/m0/s1. The van der Waals surface area contributed by atoms with Crippen molar-refractivity contribution in [2.45, 2.75) is 143 Å². The number of hydrogen-bond acceptors (Lipinski definition) is 8. The predicted molar refractivity (Wildman–Crippen MR) is 291 cm³/mol. The number of nitrogens with one attached hydrogen (secondary N) is 6. The highest BCUT2D eigenvalue weighted by atomic mass is 16.2. The Morgan fingerprint density at radius 1 is 0.554 bits per heavy atom. The predicted octanol–water partition coefficient (Wildman–Crippen LogP) is 7.77. The van der Waals surface area contributed by atoms with Gasteiger partial charge in [-0.25, -0.2) is 4.98 Å². The minimum Gasteiger partial charge on any atom is -0.350 e. The van der Waals surface area contributed by atoms with Crippen molar-refractivity contribution < 1.29 is 28.8 Å². The van der Waals surface area contributed by atoms with Gasteiger partial charge in [-0.3, -0.25) is 28.8 Å². The molecule has 0 spiro atoms. The molecular weight excluding hydrogens is 929 g/mol. The first-order chi connectivity index (χ1) is 35.5. The summed E-state index contributed by atoms with van der Waals surface area (Å²) in [6.07, 6.45) is 5.04. The first-order valence-corrected chi connectivity index (χ1v) is 26.5. The molecule has 5 amide bonds. The summed E-state index contributed by atoms with van der Waals surface area (Å²) in [5, 5.41) is 17.8. The quantitative estimate of drug-likeness (QED) is 0.0262. The zero-order chi connectivity index (χ0) is 53.8. The summed E-state index contributed by atoms with van der Waals surface area (Å²) in [5.41, 5.74) is 4.56. The van der Waals surface area contributed by atoms with Gasteiger partial charge in [0.1, 0.15) is 23.7 Å². The average molecular weight is 1010 g/mol. The molecule has 6 N–H and O–H groups in total. The van der Waals surface area contributed by atoms with E-state index in [-0.39, 0.29) is 61.8 Å². The molecule has 0 fully saturated rings. The molecule has 0 aliphatic heterocycles. The number of benzene rings is 4. The van der Waals surface area contributed by atoms with Crippen LogP contribution in [0.25, 0.3) is 0 Å². The van der Waals surface area contributed by atoms with E-state index < -0.39 is 59.1 Å². The van der Waals surface area contributed by atoms with E-state index in [4.69, 9.17) is 4.98 Å². The zero-order valence-corrected chi connectivity index (χ0v) is 45.0. The lowest BCUT2D eigenvalue weighted by Gasteiger charge is -2.37. The van der Waals surface area contributed by atoms with Gasteiger partial charge >= 0.3 is 0 Å². The number of carbonyl (C=O) groups excluding carboxylic acids is 6. The topological polar surface area (TPSA) is 192 Å². The van der Waals surface area contributed by atoms with E-state index >= 15 is 4.79 Å². The van der Waals surface area contributed by atoms with Gasteiger partial charge in [0.25, 0.3) is 0 Å². The van der Waals surface area contributed by atoms with Gasteiger partial charge in [-0.05, 0) is 71.9 Å². The number of aromatic nitrogens is 2. The molecule has 4 aromatic carbocycles. The van der Waals surface area contributed by atoms with Crippen LogP contribution in [0.3, 0.4) is 0 Å². The second-order valence-corrected chi connectivity index (χ2v) is 20.3. The van der Waals surface area contributed by atoms with Gasteiger partial charge < -0.3 is 36.5 Å². The summed E-state index contributed by atoms with van der Waals surface area (Å²) in [6.45, 7) is 16.2. The minimum atomic E-state index is -1.18. The summed E-state index contributed by atoms with van der Waals surface area (Å²) in [5.74, 6) is -3.54. The molecule has 1 aromatic heterocycles. The molecule has 0 aliphatic rings. The van der Waals surface area contributed by atoms with Gasteiger partial charge in [0.15, 0.2) is 5.78 Å². The van der Waals surface area contributed by atoms with Crippen LogP contribution in [0, 0.1) is 23.7 Å². The van der Waals surface area contributed by atoms with Crippen molar-refractivity contribution >= 4 is 35.3 Å². The number of Topliss-reactive ketones (excluding diaryl/α,β-unsaturated/α-hetero) is 1. The van der Waals surface area contributed by atoms with E-state index in [0.29, 0.717) is 25.0 Å². The Morgan fingerprint density at radius 2 is 1.03 bits per heavy atom. The van der Waals surface area contributed by atoms with E-state index in [1.54, 1.807) is 20.2 Å². The molecule has 396 valence electrons. The monoisotopic (exact) mass is 1010 g/mol. The Kier molecular flexibility index (Phi) is 22.3. The van der Waals surface area contributed by atoms with Crippen LogP contribution in [0.15, 0.2) is 128 Å². The second kappa shape index (κ2) is 28.5. The van der Waals surface area contributed by atoms with Gasteiger partial charge in [0, 0.05) is 44.5 Å². The molecule has 1 heterocycles. The highest BCUT2D eigenvalue weighted by Gasteiger charge is 2.40. The van der Waals surface area contributed by atoms with Gasteiger partial charge in [-0.2, -0.15) is 0 Å². The molecular formula is C60H80N8O6. The zero-order valence-electron chi connectivity index (χ0n) is 45.0. The van der Waals surface area contributed by atoms with Crippen molar-refractivity contribution in [2.24, 2.45) is 23.7 Å². The maximum atomic E-state index is 15.1. The maximum Gasteiger partial charge on any atom is 0.243 e. The van der Waals surface area contributed by atoms with Crippen molar-refractivity contribution in [2.75, 3.05) is 7.05 Å². The molecule has 0 saturated carbocycles. The van der Waals surface area contributed by atoms with Gasteiger partial charge in [0.05, 0.1) is 18.1 Å². The third-order valence-electron chi connectivity index (χ3n) is 13.7. The molecule has 14 heteroatoms. The molecule has 0 saturated heterocycles. The molecule has 0 bridgehead atoms. The molecule has 0 radical (unpaired) electrons. The van der Waals surface area contributed by atoms with Crippen LogP contribution in [0.2, 0.25) is 0 Å². The average Bonchev–Trinajstić information content (AvgIpc) is 3.87. The maximum absolute atomic E-state index is 15.1. The minimum absolute atomic E-state index is 0.0396. The van der Waals surface area contributed by atoms with Crippen LogP contribution in [0.5, 0.6) is 0 Å². The number of nitrogens with zero attached hydrogens (tertiary/aromatic N) is 2. The Labute approximate surface area is 439 Å². The molecule has 14 nitrogen and oxygen atoms in total. The van der Waals surface area contributed by atoms with Crippen molar-refractivity contribution in [3.05, 3.63) is 161 Å². The van der Waals surface area contributed by atoms with Crippen LogP contribution < -0.4 is 31.9 Å². The lowest BCUT2D eigenvalue weighted by Crippen LogP contribution is -2.56. The number of amides is 5. The third kappa shape index (κ3) is 15.8. The van der Waals surface area contributed by atoms with E-state index in [9.17, 15) is 24.0 Å². The fraction of sp³-hybridized carbons (Fsp3) is 0.450. The van der Waals surface area contributed by atoms with E-state index in [2.05, 4.69) is 68.3 Å². The summed E-state index contributed by atoms with van der Waals surface area (Å²) in [4.78, 5) is 89.1. The number of ketones is 1. The second-order valence-electron chi connectivity index (χ2n) is 20.3. The molecule has 5 rings (SSSR count). The van der Waals surface area contributed by atoms with Crippen molar-refractivity contribution in [1.82, 2.24) is 41.5 Å². The van der Waals surface area contributed by atoms with E-state index in [0.717, 1.165) is 34.4 Å². The van der Waals surface area contributed by atoms with E-state index in [1.165, 1.54) is 0 Å². The van der Waals surface area contributed by atoms with Gasteiger partial charge in [-0.15, -0.1) is 0 Å². The van der Waals surface area contributed by atoms with Crippen molar-refractivity contribution in [3.8, 4) is 0 Å². The normalized spacial score (nSPS) is 14.0.